The number of benzene rings is 1. The summed E-state index contributed by atoms with van der Waals surface area (Å²) >= 11 is 5.89. The molecule has 0 atom stereocenters. The topological polar surface area (TPSA) is 76.0 Å². The summed E-state index contributed by atoms with van der Waals surface area (Å²) in [5.74, 6) is 2.68. The van der Waals surface area contributed by atoms with Gasteiger partial charge in [-0.25, -0.2) is 14.8 Å². The molecule has 1 fully saturated rings. The molecule has 0 N–H and O–H groups in total. The number of hydrazone groups is 1. The average Bonchev–Trinajstić information content (AvgIpc) is 3.50. The van der Waals surface area contributed by atoms with Crippen molar-refractivity contribution in [1.82, 2.24) is 9.55 Å². The van der Waals surface area contributed by atoms with Crippen molar-refractivity contribution in [3.05, 3.63) is 68.9 Å². The van der Waals surface area contributed by atoms with E-state index >= 15 is 0 Å². The zero-order valence-corrected chi connectivity index (χ0v) is 18.0. The molecule has 1 aliphatic heterocycles. The first-order valence-corrected chi connectivity index (χ1v) is 10.9. The molecule has 1 saturated carbocycles. The largest absolute Gasteiger partial charge is 0.453 e. The SMILES string of the molecule is C=c1c2c(nc(=O)n1C)N(C1CCCC1)N=C(c1ccc(-c3ccc(CCl)cc3)o1)N=2. The number of aromatic nitrogens is 2. The van der Waals surface area contributed by atoms with Crippen LogP contribution in [0.25, 0.3) is 17.9 Å². The van der Waals surface area contributed by atoms with Crippen molar-refractivity contribution < 1.29 is 4.42 Å². The Balaban J connectivity index is 1.60. The summed E-state index contributed by atoms with van der Waals surface area (Å²) in [5.41, 5.74) is 1.64. The van der Waals surface area contributed by atoms with E-state index in [-0.39, 0.29) is 11.7 Å². The van der Waals surface area contributed by atoms with Gasteiger partial charge in [0.1, 0.15) is 11.1 Å². The number of anilines is 1. The Labute approximate surface area is 184 Å². The van der Waals surface area contributed by atoms with Gasteiger partial charge in [-0.1, -0.05) is 43.7 Å². The number of alkyl halides is 1. The van der Waals surface area contributed by atoms with Gasteiger partial charge in [0.25, 0.3) is 0 Å². The second-order valence-electron chi connectivity index (χ2n) is 7.89. The van der Waals surface area contributed by atoms with Gasteiger partial charge in [-0.3, -0.25) is 4.57 Å². The van der Waals surface area contributed by atoms with Gasteiger partial charge in [0, 0.05) is 18.5 Å². The Hall–Kier alpha value is -3.19. The Morgan fingerprint density at radius 3 is 2.55 bits per heavy atom. The van der Waals surface area contributed by atoms with Gasteiger partial charge in [0.15, 0.2) is 11.6 Å². The van der Waals surface area contributed by atoms with Gasteiger partial charge >= 0.3 is 5.69 Å². The molecule has 1 aromatic carbocycles. The molecule has 7 nitrogen and oxygen atoms in total. The van der Waals surface area contributed by atoms with Crippen LogP contribution < -0.4 is 21.4 Å². The Bertz CT molecular complexity index is 1330. The summed E-state index contributed by atoms with van der Waals surface area (Å²) in [7, 11) is 1.65. The molecule has 31 heavy (non-hydrogen) atoms. The van der Waals surface area contributed by atoms with E-state index in [4.69, 9.17) is 21.1 Å². The number of rotatable bonds is 4. The standard InChI is InChI=1S/C23H22ClN5O2/c1-14-20-22(26-23(30)28(14)2)29(17-5-3-4-6-17)27-21(25-20)19-12-11-18(31-19)16-9-7-15(13-24)8-10-16/h7-12,17H,1,3-6,13H2,2H3. The highest BCUT2D eigenvalue weighted by Gasteiger charge is 2.29. The van der Waals surface area contributed by atoms with E-state index in [0.29, 0.717) is 34.0 Å². The minimum absolute atomic E-state index is 0.181. The molecule has 3 heterocycles. The third-order valence-electron chi connectivity index (χ3n) is 5.91. The predicted molar refractivity (Wildman–Crippen MR) is 121 cm³/mol. The Morgan fingerprint density at radius 2 is 1.84 bits per heavy atom. The summed E-state index contributed by atoms with van der Waals surface area (Å²) in [6.07, 6.45) is 4.25. The molecule has 0 radical (unpaired) electrons. The first-order valence-electron chi connectivity index (χ1n) is 10.3. The highest BCUT2D eigenvalue weighted by Crippen LogP contribution is 2.28. The van der Waals surface area contributed by atoms with Crippen LogP contribution in [0.4, 0.5) is 5.82 Å². The quantitative estimate of drug-likeness (QED) is 0.590. The van der Waals surface area contributed by atoms with E-state index in [9.17, 15) is 4.79 Å². The lowest BCUT2D eigenvalue weighted by Gasteiger charge is -2.27. The van der Waals surface area contributed by atoms with E-state index < -0.39 is 0 Å². The van der Waals surface area contributed by atoms with Crippen LogP contribution in [0.3, 0.4) is 0 Å². The van der Waals surface area contributed by atoms with Crippen LogP contribution in [0.15, 0.2) is 55.7 Å². The first-order chi connectivity index (χ1) is 15.0. The number of furan rings is 1. The third-order valence-corrected chi connectivity index (χ3v) is 6.21. The molecule has 2 aromatic heterocycles. The fourth-order valence-corrected chi connectivity index (χ4v) is 4.23. The van der Waals surface area contributed by atoms with Gasteiger partial charge in [-0.2, -0.15) is 4.98 Å². The summed E-state index contributed by atoms with van der Waals surface area (Å²) in [6.45, 7) is 4.06. The first kappa shape index (κ1) is 19.8. The van der Waals surface area contributed by atoms with Crippen molar-refractivity contribution in [2.24, 2.45) is 17.1 Å². The molecule has 0 unspecified atom stereocenters. The number of halogens is 1. The summed E-state index contributed by atoms with van der Waals surface area (Å²) in [4.78, 5) is 21.2. The third kappa shape index (κ3) is 3.49. The maximum absolute atomic E-state index is 12.3. The average molecular weight is 436 g/mol. The lowest BCUT2D eigenvalue weighted by molar-refractivity contribution is 0.563. The van der Waals surface area contributed by atoms with E-state index in [1.165, 1.54) is 4.57 Å². The van der Waals surface area contributed by atoms with Crippen LogP contribution in [0.1, 0.15) is 37.0 Å². The monoisotopic (exact) mass is 435 g/mol. The number of amidine groups is 1. The molecule has 2 aliphatic rings. The van der Waals surface area contributed by atoms with Crippen LogP contribution >= 0.6 is 11.6 Å². The summed E-state index contributed by atoms with van der Waals surface area (Å²) in [5, 5.41) is 7.67. The van der Waals surface area contributed by atoms with Gasteiger partial charge in [0.05, 0.1) is 11.4 Å². The zero-order chi connectivity index (χ0) is 21.5. The van der Waals surface area contributed by atoms with E-state index in [2.05, 4.69) is 16.6 Å². The molecule has 5 rings (SSSR count). The number of hydrogen-bond donors (Lipinski definition) is 0. The molecule has 0 amide bonds. The van der Waals surface area contributed by atoms with Gasteiger partial charge < -0.3 is 4.42 Å². The maximum Gasteiger partial charge on any atom is 0.349 e. The van der Waals surface area contributed by atoms with Crippen LogP contribution in [0.5, 0.6) is 0 Å². The Kier molecular flexibility index (Phi) is 4.98. The molecule has 3 aromatic rings. The van der Waals surface area contributed by atoms with E-state index in [0.717, 1.165) is 42.6 Å². The van der Waals surface area contributed by atoms with Crippen LogP contribution in [-0.2, 0) is 12.9 Å². The van der Waals surface area contributed by atoms with Crippen molar-refractivity contribution in [2.75, 3.05) is 5.01 Å². The van der Waals surface area contributed by atoms with Gasteiger partial charge in [-0.05, 0) is 30.5 Å². The lowest BCUT2D eigenvalue weighted by atomic mass is 10.1. The molecule has 0 spiro atoms. The lowest BCUT2D eigenvalue weighted by Crippen LogP contribution is -2.49. The number of hydrogen-bond acceptors (Lipinski definition) is 6. The van der Waals surface area contributed by atoms with Gasteiger partial charge in [-0.15, -0.1) is 16.7 Å². The minimum Gasteiger partial charge on any atom is -0.453 e. The second-order valence-corrected chi connectivity index (χ2v) is 8.15. The predicted octanol–water partition coefficient (Wildman–Crippen LogP) is 2.93. The fraction of sp³-hybridized carbons (Fsp3) is 0.304. The van der Waals surface area contributed by atoms with Crippen molar-refractivity contribution in [3.8, 4) is 11.3 Å². The smallest absolute Gasteiger partial charge is 0.349 e. The fourth-order valence-electron chi connectivity index (χ4n) is 4.05. The molecule has 1 aliphatic carbocycles. The van der Waals surface area contributed by atoms with Crippen molar-refractivity contribution >= 4 is 29.8 Å². The molecular weight excluding hydrogens is 414 g/mol. The molecular formula is C23H22ClN5O2. The Morgan fingerprint density at radius 1 is 1.13 bits per heavy atom. The van der Waals surface area contributed by atoms with Crippen LogP contribution in [-0.4, -0.2) is 21.4 Å². The summed E-state index contributed by atoms with van der Waals surface area (Å²) < 4.78 is 7.52. The molecule has 0 bridgehead atoms. The minimum atomic E-state index is -0.360. The van der Waals surface area contributed by atoms with Gasteiger partial charge in [0.2, 0.25) is 5.84 Å². The summed E-state index contributed by atoms with van der Waals surface area (Å²) in [6, 6.07) is 11.9. The maximum atomic E-state index is 12.3. The zero-order valence-electron chi connectivity index (χ0n) is 17.2. The second kappa shape index (κ2) is 7.81. The highest BCUT2D eigenvalue weighted by molar-refractivity contribution is 6.17. The van der Waals surface area contributed by atoms with Crippen molar-refractivity contribution in [1.29, 1.82) is 0 Å². The van der Waals surface area contributed by atoms with Crippen LogP contribution in [0.2, 0.25) is 0 Å². The van der Waals surface area contributed by atoms with Crippen LogP contribution in [0, 0.1) is 0 Å². The highest BCUT2D eigenvalue weighted by atomic mass is 35.5. The normalized spacial score (nSPS) is 16.2. The van der Waals surface area contributed by atoms with E-state index in [1.54, 1.807) is 7.05 Å². The number of fused-ring (bicyclic) bond motifs is 1. The van der Waals surface area contributed by atoms with Crippen molar-refractivity contribution in [2.45, 2.75) is 37.6 Å². The number of nitrogens with zero attached hydrogens (tertiary/aromatic N) is 5. The van der Waals surface area contributed by atoms with Crippen molar-refractivity contribution in [3.63, 3.8) is 0 Å². The van der Waals surface area contributed by atoms with E-state index in [1.807, 2.05) is 41.4 Å². The molecule has 0 saturated heterocycles. The molecule has 8 heteroatoms. The molecule has 158 valence electrons.